The standard InChI is InChI=1S/C19H20FN3O/c1-2-11-24-18-9-3-14(4-10-18)19-12-16(13-21)22-23(19)17-7-5-15(20)6-8-17/h3-10,12H,2,11,13,21H2,1H3. The lowest BCUT2D eigenvalue weighted by Gasteiger charge is -2.09. The molecule has 1 heterocycles. The number of ether oxygens (including phenoxy) is 1. The minimum absolute atomic E-state index is 0.274. The van der Waals surface area contributed by atoms with Crippen LogP contribution in [0.25, 0.3) is 16.9 Å². The molecule has 0 bridgehead atoms. The Kier molecular flexibility index (Phi) is 4.91. The highest BCUT2D eigenvalue weighted by Gasteiger charge is 2.11. The van der Waals surface area contributed by atoms with Gasteiger partial charge in [-0.25, -0.2) is 9.07 Å². The van der Waals surface area contributed by atoms with E-state index in [9.17, 15) is 4.39 Å². The van der Waals surface area contributed by atoms with E-state index in [4.69, 9.17) is 10.5 Å². The monoisotopic (exact) mass is 325 g/mol. The molecular weight excluding hydrogens is 305 g/mol. The van der Waals surface area contributed by atoms with E-state index in [1.165, 1.54) is 12.1 Å². The Morgan fingerprint density at radius 2 is 1.79 bits per heavy atom. The average molecular weight is 325 g/mol. The zero-order chi connectivity index (χ0) is 16.9. The highest BCUT2D eigenvalue weighted by molar-refractivity contribution is 5.63. The Morgan fingerprint density at radius 3 is 2.42 bits per heavy atom. The van der Waals surface area contributed by atoms with Crippen molar-refractivity contribution in [2.24, 2.45) is 5.73 Å². The third-order valence-electron chi connectivity index (χ3n) is 3.66. The Hall–Kier alpha value is -2.66. The summed E-state index contributed by atoms with van der Waals surface area (Å²) in [5.74, 6) is 0.566. The van der Waals surface area contributed by atoms with Gasteiger partial charge in [-0.15, -0.1) is 0 Å². The Labute approximate surface area is 140 Å². The number of halogens is 1. The maximum absolute atomic E-state index is 13.2. The quantitative estimate of drug-likeness (QED) is 0.747. The summed E-state index contributed by atoms with van der Waals surface area (Å²) in [7, 11) is 0. The van der Waals surface area contributed by atoms with E-state index in [1.807, 2.05) is 30.3 Å². The molecule has 0 aliphatic carbocycles. The number of hydrogen-bond acceptors (Lipinski definition) is 3. The van der Waals surface area contributed by atoms with Gasteiger partial charge >= 0.3 is 0 Å². The molecule has 0 saturated carbocycles. The molecule has 0 aliphatic heterocycles. The lowest BCUT2D eigenvalue weighted by atomic mass is 10.1. The summed E-state index contributed by atoms with van der Waals surface area (Å²) in [6.07, 6.45) is 0.971. The van der Waals surface area contributed by atoms with Crippen molar-refractivity contribution in [1.82, 2.24) is 9.78 Å². The average Bonchev–Trinajstić information content (AvgIpc) is 3.05. The van der Waals surface area contributed by atoms with Crippen molar-refractivity contribution < 1.29 is 9.13 Å². The summed E-state index contributed by atoms with van der Waals surface area (Å²) in [4.78, 5) is 0. The minimum atomic E-state index is -0.274. The normalized spacial score (nSPS) is 10.8. The second-order valence-corrected chi connectivity index (χ2v) is 5.49. The molecule has 0 radical (unpaired) electrons. The van der Waals surface area contributed by atoms with Crippen LogP contribution in [0.15, 0.2) is 54.6 Å². The van der Waals surface area contributed by atoms with Gasteiger partial charge in [0.2, 0.25) is 0 Å². The lowest BCUT2D eigenvalue weighted by molar-refractivity contribution is 0.317. The van der Waals surface area contributed by atoms with Crippen LogP contribution < -0.4 is 10.5 Å². The van der Waals surface area contributed by atoms with Gasteiger partial charge in [-0.2, -0.15) is 5.10 Å². The van der Waals surface area contributed by atoms with Crippen molar-refractivity contribution in [1.29, 1.82) is 0 Å². The number of nitrogens with two attached hydrogens (primary N) is 1. The number of hydrogen-bond donors (Lipinski definition) is 1. The van der Waals surface area contributed by atoms with E-state index >= 15 is 0 Å². The van der Waals surface area contributed by atoms with Crippen LogP contribution in [0.4, 0.5) is 4.39 Å². The second-order valence-electron chi connectivity index (χ2n) is 5.49. The van der Waals surface area contributed by atoms with Gasteiger partial charge in [-0.1, -0.05) is 6.92 Å². The number of aromatic nitrogens is 2. The fourth-order valence-corrected chi connectivity index (χ4v) is 2.46. The predicted molar refractivity (Wildman–Crippen MR) is 92.6 cm³/mol. The molecule has 5 heteroatoms. The molecule has 1 aromatic heterocycles. The molecule has 0 spiro atoms. The summed E-state index contributed by atoms with van der Waals surface area (Å²) in [6.45, 7) is 3.12. The van der Waals surface area contributed by atoms with Gasteiger partial charge in [0.1, 0.15) is 11.6 Å². The summed E-state index contributed by atoms with van der Waals surface area (Å²) in [5.41, 5.74) is 9.21. The smallest absolute Gasteiger partial charge is 0.123 e. The van der Waals surface area contributed by atoms with Crippen molar-refractivity contribution in [3.05, 3.63) is 66.1 Å². The predicted octanol–water partition coefficient (Wildman–Crippen LogP) is 3.93. The van der Waals surface area contributed by atoms with E-state index in [0.717, 1.165) is 34.8 Å². The molecule has 2 N–H and O–H groups in total. The zero-order valence-corrected chi connectivity index (χ0v) is 13.6. The molecule has 0 fully saturated rings. The molecule has 0 saturated heterocycles. The zero-order valence-electron chi connectivity index (χ0n) is 13.6. The molecule has 124 valence electrons. The van der Waals surface area contributed by atoms with Crippen molar-refractivity contribution in [3.8, 4) is 22.7 Å². The third kappa shape index (κ3) is 3.46. The fourth-order valence-electron chi connectivity index (χ4n) is 2.46. The van der Waals surface area contributed by atoms with Crippen LogP contribution in [0.1, 0.15) is 19.0 Å². The van der Waals surface area contributed by atoms with E-state index in [-0.39, 0.29) is 5.82 Å². The second kappa shape index (κ2) is 7.27. The molecule has 3 aromatic rings. The van der Waals surface area contributed by atoms with Crippen molar-refractivity contribution >= 4 is 0 Å². The number of benzene rings is 2. The van der Waals surface area contributed by atoms with Crippen molar-refractivity contribution in [2.45, 2.75) is 19.9 Å². The van der Waals surface area contributed by atoms with Crippen molar-refractivity contribution in [2.75, 3.05) is 6.61 Å². The van der Waals surface area contributed by atoms with Gasteiger partial charge in [-0.05, 0) is 61.0 Å². The molecule has 0 amide bonds. The largest absolute Gasteiger partial charge is 0.494 e. The van der Waals surface area contributed by atoms with Crippen LogP contribution in [-0.4, -0.2) is 16.4 Å². The van der Waals surface area contributed by atoms with Crippen LogP contribution in [0.3, 0.4) is 0 Å². The minimum Gasteiger partial charge on any atom is -0.494 e. The Morgan fingerprint density at radius 1 is 1.08 bits per heavy atom. The first-order valence-electron chi connectivity index (χ1n) is 7.99. The van der Waals surface area contributed by atoms with E-state index in [0.29, 0.717) is 13.2 Å². The Bertz CT molecular complexity index is 794. The molecular formula is C19H20FN3O. The molecule has 3 rings (SSSR count). The van der Waals surface area contributed by atoms with Crippen LogP contribution in [0, 0.1) is 5.82 Å². The maximum atomic E-state index is 13.2. The first-order chi connectivity index (χ1) is 11.7. The summed E-state index contributed by atoms with van der Waals surface area (Å²) in [6, 6.07) is 16.0. The molecule has 24 heavy (non-hydrogen) atoms. The van der Waals surface area contributed by atoms with Gasteiger partial charge in [0.05, 0.1) is 23.7 Å². The third-order valence-corrected chi connectivity index (χ3v) is 3.66. The molecule has 0 aliphatic rings. The van der Waals surface area contributed by atoms with E-state index < -0.39 is 0 Å². The first-order valence-corrected chi connectivity index (χ1v) is 7.99. The van der Waals surface area contributed by atoms with Gasteiger partial charge < -0.3 is 10.5 Å². The SMILES string of the molecule is CCCOc1ccc(-c2cc(CN)nn2-c2ccc(F)cc2)cc1. The number of rotatable bonds is 6. The highest BCUT2D eigenvalue weighted by Crippen LogP contribution is 2.26. The van der Waals surface area contributed by atoms with Gasteiger partial charge in [0, 0.05) is 12.1 Å². The van der Waals surface area contributed by atoms with Gasteiger partial charge in [-0.3, -0.25) is 0 Å². The lowest BCUT2D eigenvalue weighted by Crippen LogP contribution is -2.02. The molecule has 4 nitrogen and oxygen atoms in total. The summed E-state index contributed by atoms with van der Waals surface area (Å²) < 4.78 is 20.6. The molecule has 0 atom stereocenters. The van der Waals surface area contributed by atoms with E-state index in [1.54, 1.807) is 16.8 Å². The van der Waals surface area contributed by atoms with Crippen molar-refractivity contribution in [3.63, 3.8) is 0 Å². The van der Waals surface area contributed by atoms with Crippen LogP contribution in [-0.2, 0) is 6.54 Å². The Balaban J connectivity index is 1.97. The van der Waals surface area contributed by atoms with Crippen LogP contribution >= 0.6 is 0 Å². The fraction of sp³-hybridized carbons (Fsp3) is 0.211. The van der Waals surface area contributed by atoms with Gasteiger partial charge in [0.15, 0.2) is 0 Å². The highest BCUT2D eigenvalue weighted by atomic mass is 19.1. The maximum Gasteiger partial charge on any atom is 0.123 e. The van der Waals surface area contributed by atoms with Gasteiger partial charge in [0.25, 0.3) is 0 Å². The number of nitrogens with zero attached hydrogens (tertiary/aromatic N) is 2. The van der Waals surface area contributed by atoms with Crippen LogP contribution in [0.2, 0.25) is 0 Å². The molecule has 0 unspecified atom stereocenters. The topological polar surface area (TPSA) is 53.1 Å². The summed E-state index contributed by atoms with van der Waals surface area (Å²) in [5, 5.41) is 4.51. The molecule has 2 aromatic carbocycles. The van der Waals surface area contributed by atoms with Crippen LogP contribution in [0.5, 0.6) is 5.75 Å². The first kappa shape index (κ1) is 16.2. The van der Waals surface area contributed by atoms with E-state index in [2.05, 4.69) is 12.0 Å². The summed E-state index contributed by atoms with van der Waals surface area (Å²) >= 11 is 0.